The van der Waals surface area contributed by atoms with Gasteiger partial charge in [0.1, 0.15) is 0 Å². The van der Waals surface area contributed by atoms with Gasteiger partial charge in [-0.25, -0.2) is 0 Å². The van der Waals surface area contributed by atoms with Crippen molar-refractivity contribution in [3.8, 4) is 0 Å². The molecule has 0 atom stereocenters. The largest absolute Gasteiger partial charge is 0.394 e. The van der Waals surface area contributed by atoms with Gasteiger partial charge in [0, 0.05) is 4.90 Å². The SMILES string of the molecule is O=C(CSc1ccccc1)NC(CO)CO. The third-order valence-corrected chi connectivity index (χ3v) is 2.93. The molecule has 5 heteroatoms. The van der Waals surface area contributed by atoms with Crippen molar-refractivity contribution in [2.75, 3.05) is 19.0 Å². The lowest BCUT2D eigenvalue weighted by Crippen LogP contribution is -2.40. The van der Waals surface area contributed by atoms with Crippen LogP contribution in [-0.4, -0.2) is 41.1 Å². The first kappa shape index (κ1) is 13.0. The third kappa shape index (κ3) is 4.65. The van der Waals surface area contributed by atoms with E-state index in [1.54, 1.807) is 0 Å². The van der Waals surface area contributed by atoms with Crippen LogP contribution in [-0.2, 0) is 4.79 Å². The van der Waals surface area contributed by atoms with E-state index in [1.165, 1.54) is 11.8 Å². The fraction of sp³-hybridized carbons (Fsp3) is 0.364. The fourth-order valence-corrected chi connectivity index (χ4v) is 1.81. The Morgan fingerprint density at radius 1 is 1.25 bits per heavy atom. The van der Waals surface area contributed by atoms with Crippen LogP contribution >= 0.6 is 11.8 Å². The monoisotopic (exact) mass is 241 g/mol. The molecule has 0 radical (unpaired) electrons. The molecule has 0 aliphatic rings. The van der Waals surface area contributed by atoms with Crippen molar-refractivity contribution in [3.63, 3.8) is 0 Å². The Labute approximate surface area is 98.7 Å². The molecule has 4 nitrogen and oxygen atoms in total. The van der Waals surface area contributed by atoms with Gasteiger partial charge >= 0.3 is 0 Å². The van der Waals surface area contributed by atoms with Crippen LogP contribution in [0.2, 0.25) is 0 Å². The molecule has 0 aliphatic carbocycles. The molecule has 0 saturated heterocycles. The van der Waals surface area contributed by atoms with E-state index >= 15 is 0 Å². The summed E-state index contributed by atoms with van der Waals surface area (Å²) in [6.45, 7) is -0.503. The van der Waals surface area contributed by atoms with Gasteiger partial charge in [-0.1, -0.05) is 18.2 Å². The lowest BCUT2D eigenvalue weighted by atomic mass is 10.3. The number of hydrogen-bond acceptors (Lipinski definition) is 4. The average Bonchev–Trinajstić information content (AvgIpc) is 2.34. The molecule has 0 bridgehead atoms. The summed E-state index contributed by atoms with van der Waals surface area (Å²) in [5, 5.41) is 20.1. The predicted molar refractivity (Wildman–Crippen MR) is 63.3 cm³/mol. The predicted octanol–water partition coefficient (Wildman–Crippen LogP) is 0.248. The Hall–Kier alpha value is -1.04. The van der Waals surface area contributed by atoms with Crippen molar-refractivity contribution in [1.82, 2.24) is 5.32 Å². The van der Waals surface area contributed by atoms with Crippen LogP contribution in [0.25, 0.3) is 0 Å². The number of aliphatic hydroxyl groups excluding tert-OH is 2. The molecule has 0 unspecified atom stereocenters. The van der Waals surface area contributed by atoms with Gasteiger partial charge in [-0.3, -0.25) is 4.79 Å². The van der Waals surface area contributed by atoms with Crippen LogP contribution in [0, 0.1) is 0 Å². The van der Waals surface area contributed by atoms with Crippen molar-refractivity contribution in [2.45, 2.75) is 10.9 Å². The molecule has 0 heterocycles. The molecule has 88 valence electrons. The molecule has 3 N–H and O–H groups in total. The minimum Gasteiger partial charge on any atom is -0.394 e. The zero-order chi connectivity index (χ0) is 11.8. The van der Waals surface area contributed by atoms with Gasteiger partial charge in [0.15, 0.2) is 0 Å². The summed E-state index contributed by atoms with van der Waals surface area (Å²) in [5.41, 5.74) is 0. The second-order valence-corrected chi connectivity index (χ2v) is 4.28. The van der Waals surface area contributed by atoms with Crippen molar-refractivity contribution in [3.05, 3.63) is 30.3 Å². The molecule has 0 fully saturated rings. The molecule has 1 aromatic carbocycles. The van der Waals surface area contributed by atoms with Gasteiger partial charge in [-0.05, 0) is 12.1 Å². The summed E-state index contributed by atoms with van der Waals surface area (Å²) >= 11 is 1.42. The smallest absolute Gasteiger partial charge is 0.230 e. The van der Waals surface area contributed by atoms with E-state index < -0.39 is 6.04 Å². The highest BCUT2D eigenvalue weighted by Crippen LogP contribution is 2.16. The summed E-state index contributed by atoms with van der Waals surface area (Å²) in [6.07, 6.45) is 0. The molecule has 1 aromatic rings. The summed E-state index contributed by atoms with van der Waals surface area (Å²) in [7, 11) is 0. The van der Waals surface area contributed by atoms with E-state index in [4.69, 9.17) is 10.2 Å². The molecule has 0 aromatic heterocycles. The topological polar surface area (TPSA) is 69.6 Å². The van der Waals surface area contributed by atoms with Crippen molar-refractivity contribution >= 4 is 17.7 Å². The number of amides is 1. The van der Waals surface area contributed by atoms with E-state index in [0.29, 0.717) is 0 Å². The second kappa shape index (κ2) is 7.27. The average molecular weight is 241 g/mol. The molecule has 0 saturated carbocycles. The van der Waals surface area contributed by atoms with Gasteiger partial charge in [0.05, 0.1) is 25.0 Å². The Morgan fingerprint density at radius 2 is 1.88 bits per heavy atom. The summed E-state index contributed by atoms with van der Waals surface area (Å²) in [5.74, 6) is 0.0857. The molecule has 1 rings (SSSR count). The number of thioether (sulfide) groups is 1. The van der Waals surface area contributed by atoms with Gasteiger partial charge < -0.3 is 15.5 Å². The van der Waals surface area contributed by atoms with E-state index in [2.05, 4.69) is 5.32 Å². The first-order valence-corrected chi connectivity index (χ1v) is 5.93. The maximum atomic E-state index is 11.4. The van der Waals surface area contributed by atoms with Crippen LogP contribution in [0.1, 0.15) is 0 Å². The maximum absolute atomic E-state index is 11.4. The van der Waals surface area contributed by atoms with Crippen LogP contribution < -0.4 is 5.32 Å². The molecule has 1 amide bonds. The highest BCUT2D eigenvalue weighted by atomic mass is 32.2. The number of hydrogen-bond donors (Lipinski definition) is 3. The quantitative estimate of drug-likeness (QED) is 0.624. The van der Waals surface area contributed by atoms with Crippen LogP contribution in [0.3, 0.4) is 0 Å². The normalized spacial score (nSPS) is 10.4. The van der Waals surface area contributed by atoms with Gasteiger partial charge in [-0.15, -0.1) is 11.8 Å². The lowest BCUT2D eigenvalue weighted by Gasteiger charge is -2.12. The number of benzene rings is 1. The second-order valence-electron chi connectivity index (χ2n) is 3.23. The lowest BCUT2D eigenvalue weighted by molar-refractivity contribution is -0.119. The standard InChI is InChI=1S/C11H15NO3S/c13-6-9(7-14)12-11(15)8-16-10-4-2-1-3-5-10/h1-5,9,13-14H,6-8H2,(H,12,15). The number of carbonyl (C=O) groups excluding carboxylic acids is 1. The van der Waals surface area contributed by atoms with E-state index in [1.807, 2.05) is 30.3 Å². The van der Waals surface area contributed by atoms with Crippen molar-refractivity contribution in [2.24, 2.45) is 0 Å². The van der Waals surface area contributed by atoms with Gasteiger partial charge in [0.2, 0.25) is 5.91 Å². The summed E-state index contributed by atoms with van der Waals surface area (Å²) in [4.78, 5) is 12.4. The Balaban J connectivity index is 2.30. The highest BCUT2D eigenvalue weighted by molar-refractivity contribution is 8.00. The first-order chi connectivity index (χ1) is 7.76. The fourth-order valence-electron chi connectivity index (χ4n) is 1.08. The Morgan fingerprint density at radius 3 is 2.44 bits per heavy atom. The maximum Gasteiger partial charge on any atom is 0.230 e. The number of rotatable bonds is 6. The zero-order valence-electron chi connectivity index (χ0n) is 8.80. The summed E-state index contributed by atoms with van der Waals surface area (Å²) in [6, 6.07) is 9.01. The van der Waals surface area contributed by atoms with E-state index in [9.17, 15) is 4.79 Å². The highest BCUT2D eigenvalue weighted by Gasteiger charge is 2.09. The summed E-state index contributed by atoms with van der Waals surface area (Å²) < 4.78 is 0. The number of nitrogens with one attached hydrogen (secondary N) is 1. The molecule has 0 spiro atoms. The third-order valence-electron chi connectivity index (χ3n) is 1.92. The molecular formula is C11H15NO3S. The van der Waals surface area contributed by atoms with Gasteiger partial charge in [0.25, 0.3) is 0 Å². The Kier molecular flexibility index (Phi) is 5.92. The van der Waals surface area contributed by atoms with E-state index in [0.717, 1.165) is 4.90 Å². The molecular weight excluding hydrogens is 226 g/mol. The van der Waals surface area contributed by atoms with Crippen LogP contribution in [0.4, 0.5) is 0 Å². The minimum absolute atomic E-state index is 0.193. The number of carbonyl (C=O) groups is 1. The molecule has 16 heavy (non-hydrogen) atoms. The Bertz CT molecular complexity index is 314. The zero-order valence-corrected chi connectivity index (χ0v) is 9.61. The van der Waals surface area contributed by atoms with Crippen molar-refractivity contribution < 1.29 is 15.0 Å². The van der Waals surface area contributed by atoms with E-state index in [-0.39, 0.29) is 24.9 Å². The molecule has 0 aliphatic heterocycles. The number of aliphatic hydroxyl groups is 2. The van der Waals surface area contributed by atoms with Gasteiger partial charge in [-0.2, -0.15) is 0 Å². The minimum atomic E-state index is -0.566. The van der Waals surface area contributed by atoms with Crippen LogP contribution in [0.15, 0.2) is 35.2 Å². The first-order valence-electron chi connectivity index (χ1n) is 4.95. The van der Waals surface area contributed by atoms with Crippen LogP contribution in [0.5, 0.6) is 0 Å². The van der Waals surface area contributed by atoms with Crippen molar-refractivity contribution in [1.29, 1.82) is 0 Å².